The Morgan fingerprint density at radius 1 is 1.03 bits per heavy atom. The van der Waals surface area contributed by atoms with Gasteiger partial charge < -0.3 is 19.2 Å². The maximum atomic E-state index is 14.5. The molecule has 2 aliphatic carbocycles. The molecule has 1 unspecified atom stereocenters. The van der Waals surface area contributed by atoms with Crippen LogP contribution in [0.1, 0.15) is 114 Å². The second-order valence-corrected chi connectivity index (χ2v) is 26.4. The van der Waals surface area contributed by atoms with Crippen LogP contribution in [0, 0.1) is 11.8 Å². The maximum Gasteiger partial charge on any atom is 0.264 e. The van der Waals surface area contributed by atoms with Crippen LogP contribution in [0.2, 0.25) is 10.1 Å². The van der Waals surface area contributed by atoms with Crippen molar-refractivity contribution >= 4 is 51.9 Å². The number of amides is 1. The Bertz CT molecular complexity index is 2370. The first kappa shape index (κ1) is 48.7. The lowest BCUT2D eigenvalue weighted by molar-refractivity contribution is 0.0456. The molecular formula is C54H69ClN2O6SSi. The first-order valence-electron chi connectivity index (χ1n) is 23.7. The molecule has 4 aromatic carbocycles. The van der Waals surface area contributed by atoms with Crippen LogP contribution in [-0.2, 0) is 26.3 Å². The van der Waals surface area contributed by atoms with Crippen LogP contribution in [0.3, 0.4) is 0 Å². The average molecular weight is 938 g/mol. The highest BCUT2D eigenvalue weighted by Crippen LogP contribution is 2.47. The summed E-state index contributed by atoms with van der Waals surface area (Å²) < 4.78 is 45.6. The predicted octanol–water partition coefficient (Wildman–Crippen LogP) is 10.3. The zero-order chi connectivity index (χ0) is 46.4. The number of sulfonamides is 1. The van der Waals surface area contributed by atoms with Crippen molar-refractivity contribution in [1.82, 2.24) is 4.72 Å². The number of aliphatic hydroxyl groups is 1. The number of unbranched alkanes of at least 4 members (excludes halogenated alkanes) is 1. The van der Waals surface area contributed by atoms with Crippen LogP contribution in [0.25, 0.3) is 0 Å². The maximum absolute atomic E-state index is 14.5. The van der Waals surface area contributed by atoms with Crippen LogP contribution >= 0.6 is 11.6 Å². The molecule has 3 aliphatic rings. The molecule has 0 saturated heterocycles. The number of nitrogens with one attached hydrogen (secondary N) is 1. The van der Waals surface area contributed by atoms with E-state index in [1.165, 1.54) is 11.1 Å². The molecule has 11 heteroatoms. The summed E-state index contributed by atoms with van der Waals surface area (Å²) in [6.45, 7) is 16.4. The van der Waals surface area contributed by atoms with E-state index in [9.17, 15) is 18.3 Å². The number of aliphatic hydroxyl groups excluding tert-OH is 1. The third kappa shape index (κ3) is 10.7. The van der Waals surface area contributed by atoms with Gasteiger partial charge in [0.05, 0.1) is 23.6 Å². The number of carbonyl (C=O) groups is 1. The number of aryl methyl sites for hydroxylation is 1. The van der Waals surface area contributed by atoms with Gasteiger partial charge in [0, 0.05) is 35.2 Å². The highest BCUT2D eigenvalue weighted by atomic mass is 35.5. The SMILES string of the molecule is C=CCC[C@H](C[C@@H](C)O[Si](c1ccccc1)(c1ccccc1)C(C)(C)C)S(=O)(=O)NC(=O)c1ccc2c(c1)N(C[C@@H]1CC[C@H]1[C@@H](O)/C=C/CCC)CC1(CCCc3cc(Cl)ccc31)CO2. The van der Waals surface area contributed by atoms with E-state index < -0.39 is 41.7 Å². The van der Waals surface area contributed by atoms with Gasteiger partial charge in [-0.3, -0.25) is 4.79 Å². The number of rotatable bonds is 18. The van der Waals surface area contributed by atoms with Crippen LogP contribution in [0.4, 0.5) is 5.69 Å². The van der Waals surface area contributed by atoms with Gasteiger partial charge in [0.25, 0.3) is 14.2 Å². The lowest BCUT2D eigenvalue weighted by Crippen LogP contribution is -2.67. The number of ether oxygens (including phenoxy) is 1. The van der Waals surface area contributed by atoms with Crippen LogP contribution in [0.5, 0.6) is 5.75 Å². The first-order valence-corrected chi connectivity index (χ1v) is 27.5. The predicted molar refractivity (Wildman–Crippen MR) is 269 cm³/mol. The van der Waals surface area contributed by atoms with E-state index >= 15 is 0 Å². The second-order valence-electron chi connectivity index (χ2n) is 19.8. The number of allylic oxidation sites excluding steroid dienone is 2. The first-order chi connectivity index (χ1) is 31.1. The number of benzene rings is 4. The zero-order valence-electron chi connectivity index (χ0n) is 39.0. The average Bonchev–Trinajstić information content (AvgIpc) is 3.42. The number of anilines is 1. The highest BCUT2D eigenvalue weighted by molar-refractivity contribution is 7.90. The van der Waals surface area contributed by atoms with Crippen molar-refractivity contribution < 1.29 is 27.5 Å². The molecular weight excluding hydrogens is 868 g/mol. The number of hydrogen-bond donors (Lipinski definition) is 2. The van der Waals surface area contributed by atoms with Gasteiger partial charge >= 0.3 is 0 Å². The topological polar surface area (TPSA) is 105 Å². The highest BCUT2D eigenvalue weighted by Gasteiger charge is 2.51. The van der Waals surface area contributed by atoms with Crippen molar-refractivity contribution in [3.63, 3.8) is 0 Å². The van der Waals surface area contributed by atoms with Crippen molar-refractivity contribution in [2.24, 2.45) is 11.8 Å². The molecule has 1 aliphatic heterocycles. The van der Waals surface area contributed by atoms with Crippen LogP contribution in [0.15, 0.2) is 122 Å². The Labute approximate surface area is 394 Å². The van der Waals surface area contributed by atoms with Crippen LogP contribution in [-0.4, -0.2) is 64.9 Å². The minimum atomic E-state index is -4.20. The van der Waals surface area contributed by atoms with E-state index in [2.05, 4.69) is 86.4 Å². The number of halogens is 1. The van der Waals surface area contributed by atoms with E-state index in [1.54, 1.807) is 18.2 Å². The Morgan fingerprint density at radius 2 is 1.74 bits per heavy atom. The molecule has 2 N–H and O–H groups in total. The fourth-order valence-electron chi connectivity index (χ4n) is 10.7. The Hall–Kier alpha value is -4.19. The number of fused-ring (bicyclic) bond motifs is 3. The van der Waals surface area contributed by atoms with Gasteiger partial charge in [0.15, 0.2) is 0 Å². The summed E-state index contributed by atoms with van der Waals surface area (Å²) >= 11 is 6.51. The number of hydrogen-bond acceptors (Lipinski definition) is 7. The van der Waals surface area contributed by atoms with E-state index in [-0.39, 0.29) is 40.7 Å². The molecule has 0 bridgehead atoms. The fourth-order valence-corrected chi connectivity index (χ4v) is 17.2. The normalized spacial score (nSPS) is 21.3. The minimum Gasteiger partial charge on any atom is -0.490 e. The summed E-state index contributed by atoms with van der Waals surface area (Å²) in [6.07, 6.45) is 12.4. The third-order valence-corrected chi connectivity index (χ3v) is 21.4. The van der Waals surface area contributed by atoms with Crippen LogP contribution < -0.4 is 24.7 Å². The summed E-state index contributed by atoms with van der Waals surface area (Å²) in [5.74, 6) is 0.312. The van der Waals surface area contributed by atoms with Gasteiger partial charge in [0.2, 0.25) is 10.0 Å². The summed E-state index contributed by atoms with van der Waals surface area (Å²) in [5, 5.41) is 13.0. The molecule has 65 heavy (non-hydrogen) atoms. The van der Waals surface area contributed by atoms with Crippen molar-refractivity contribution in [1.29, 1.82) is 0 Å². The molecule has 1 fully saturated rings. The largest absolute Gasteiger partial charge is 0.490 e. The molecule has 8 nitrogen and oxygen atoms in total. The van der Waals surface area contributed by atoms with E-state index in [0.29, 0.717) is 31.9 Å². The van der Waals surface area contributed by atoms with Gasteiger partial charge in [-0.2, -0.15) is 0 Å². The zero-order valence-corrected chi connectivity index (χ0v) is 41.6. The number of carbonyl (C=O) groups excluding carboxylic acids is 1. The molecule has 1 spiro atoms. The molecule has 1 amide bonds. The van der Waals surface area contributed by atoms with Gasteiger partial charge in [-0.05, 0) is 133 Å². The quantitative estimate of drug-likeness (QED) is 0.0756. The molecule has 348 valence electrons. The molecule has 7 rings (SSSR count). The summed E-state index contributed by atoms with van der Waals surface area (Å²) in [5.41, 5.74) is 3.14. The summed E-state index contributed by atoms with van der Waals surface area (Å²) in [6, 6.07) is 32.1. The van der Waals surface area contributed by atoms with Crippen molar-refractivity contribution in [3.8, 4) is 5.75 Å². The van der Waals surface area contributed by atoms with E-state index in [1.807, 2.05) is 61.5 Å². The molecule has 6 atom stereocenters. The molecule has 1 saturated carbocycles. The molecule has 4 aromatic rings. The van der Waals surface area contributed by atoms with Gasteiger partial charge in [0.1, 0.15) is 5.75 Å². The lowest BCUT2D eigenvalue weighted by Gasteiger charge is -2.45. The third-order valence-electron chi connectivity index (χ3n) is 14.2. The molecule has 0 aromatic heterocycles. The minimum absolute atomic E-state index is 0.122. The second kappa shape index (κ2) is 20.8. The fraction of sp³-hybridized carbons (Fsp3) is 0.463. The van der Waals surface area contributed by atoms with Gasteiger partial charge in [-0.1, -0.05) is 131 Å². The Morgan fingerprint density at radius 3 is 2.37 bits per heavy atom. The van der Waals surface area contributed by atoms with E-state index in [4.69, 9.17) is 20.8 Å². The molecule has 0 radical (unpaired) electrons. The van der Waals surface area contributed by atoms with E-state index in [0.717, 1.165) is 66.0 Å². The Kier molecular flexibility index (Phi) is 15.6. The smallest absolute Gasteiger partial charge is 0.264 e. The summed E-state index contributed by atoms with van der Waals surface area (Å²) in [7, 11) is -7.19. The van der Waals surface area contributed by atoms with Crippen molar-refractivity contribution in [3.05, 3.63) is 144 Å². The number of nitrogens with zero attached hydrogens (tertiary/aromatic N) is 1. The Balaban J connectivity index is 1.17. The van der Waals surface area contributed by atoms with Gasteiger partial charge in [-0.25, -0.2) is 13.1 Å². The monoisotopic (exact) mass is 936 g/mol. The lowest BCUT2D eigenvalue weighted by atomic mass is 9.68. The summed E-state index contributed by atoms with van der Waals surface area (Å²) in [4.78, 5) is 16.7. The molecule has 1 heterocycles. The van der Waals surface area contributed by atoms with Crippen molar-refractivity contribution in [2.75, 3.05) is 24.6 Å². The standard InChI is InChI=1S/C54H69ClN2O6SSi/c1-7-9-13-25-50(58)47-29-26-42(47)36-57-37-54(32-18-19-40-34-43(55)28-30-48(40)54)38-62-51-31-27-41(35-49(51)57)52(59)56-64(60,61)44(20-10-8-2)33-39(3)63-65(53(4,5)6,45-21-14-11-15-22-45)46-23-16-12-17-24-46/h8,11-17,21-25,27-28,30-31,34-35,39,42,44,47,50,58H,2,7,9-10,18-20,26,29,32-33,36-38H2,1,3-6H3,(H,56,59)/b25-13+/t39-,42+,44-,47-,50+,54?/m1/s1. The van der Waals surface area contributed by atoms with Crippen molar-refractivity contribution in [2.45, 2.75) is 127 Å². The van der Waals surface area contributed by atoms with Gasteiger partial charge in [-0.15, -0.1) is 6.58 Å².